The third-order valence-electron chi connectivity index (χ3n) is 3.87. The minimum Gasteiger partial charge on any atom is -0.351 e. The number of likely N-dealkylation sites (tertiary alicyclic amines) is 1. The highest BCUT2D eigenvalue weighted by Gasteiger charge is 2.20. The summed E-state index contributed by atoms with van der Waals surface area (Å²) in [6.07, 6.45) is 3.72. The highest BCUT2D eigenvalue weighted by molar-refractivity contribution is 7.10. The monoisotopic (exact) mass is 296 g/mol. The zero-order chi connectivity index (χ0) is 14.7. The molecule has 0 bridgehead atoms. The number of hydrogen-bond donors (Lipinski definition) is 0. The second-order valence-corrected chi connectivity index (χ2v) is 6.08. The van der Waals surface area contributed by atoms with Crippen molar-refractivity contribution in [1.82, 2.24) is 9.88 Å². The van der Waals surface area contributed by atoms with Crippen LogP contribution in [0.3, 0.4) is 0 Å². The fraction of sp³-hybridized carbons (Fsp3) is 0.250. The smallest absolute Gasteiger partial charge is 0.215 e. The van der Waals surface area contributed by atoms with E-state index in [1.165, 1.54) is 16.7 Å². The Labute approximate surface area is 129 Å². The molecule has 0 atom stereocenters. The summed E-state index contributed by atoms with van der Waals surface area (Å²) in [5.41, 5.74) is 3.89. The van der Waals surface area contributed by atoms with Gasteiger partial charge in [-0.2, -0.15) is 0 Å². The van der Waals surface area contributed by atoms with Crippen LogP contribution >= 0.6 is 11.3 Å². The number of thiazole rings is 1. The summed E-state index contributed by atoms with van der Waals surface area (Å²) in [6.45, 7) is 1.62. The van der Waals surface area contributed by atoms with Gasteiger partial charge in [-0.1, -0.05) is 35.9 Å². The number of rotatable bonds is 2. The van der Waals surface area contributed by atoms with Crippen LogP contribution in [0.1, 0.15) is 23.4 Å². The standard InChI is InChI=1S/C16H17BN2OS/c17-16(20)19-9-6-13(7-10-19)14(15-18-8-11-21-15)12-4-2-1-3-5-12/h1-5,8,11H,6-7,9-10,17H2. The highest BCUT2D eigenvalue weighted by Crippen LogP contribution is 2.33. The minimum atomic E-state index is 0.171. The summed E-state index contributed by atoms with van der Waals surface area (Å²) in [7, 11) is 1.65. The Morgan fingerprint density at radius 1 is 1.19 bits per heavy atom. The lowest BCUT2D eigenvalue weighted by molar-refractivity contribution is 0.217. The van der Waals surface area contributed by atoms with Gasteiger partial charge in [0.25, 0.3) is 0 Å². The lowest BCUT2D eigenvalue weighted by Gasteiger charge is -2.29. The van der Waals surface area contributed by atoms with Crippen LogP contribution in [0.5, 0.6) is 0 Å². The van der Waals surface area contributed by atoms with E-state index in [-0.39, 0.29) is 5.81 Å². The molecule has 2 heterocycles. The first kappa shape index (κ1) is 14.1. The van der Waals surface area contributed by atoms with Crippen molar-refractivity contribution in [1.29, 1.82) is 0 Å². The summed E-state index contributed by atoms with van der Waals surface area (Å²) < 4.78 is 0. The van der Waals surface area contributed by atoms with Crippen molar-refractivity contribution in [2.45, 2.75) is 12.8 Å². The highest BCUT2D eigenvalue weighted by atomic mass is 32.1. The Balaban J connectivity index is 1.97. The fourth-order valence-electron chi connectivity index (χ4n) is 2.77. The number of amides is 1. The zero-order valence-electron chi connectivity index (χ0n) is 12.1. The summed E-state index contributed by atoms with van der Waals surface area (Å²) in [4.78, 5) is 17.9. The van der Waals surface area contributed by atoms with Crippen molar-refractivity contribution in [2.24, 2.45) is 0 Å². The van der Waals surface area contributed by atoms with Crippen molar-refractivity contribution >= 4 is 30.6 Å². The molecule has 106 valence electrons. The van der Waals surface area contributed by atoms with Crippen molar-refractivity contribution < 1.29 is 4.79 Å². The number of hydrogen-bond acceptors (Lipinski definition) is 3. The van der Waals surface area contributed by atoms with Crippen molar-refractivity contribution in [3.05, 3.63) is 58.1 Å². The summed E-state index contributed by atoms with van der Waals surface area (Å²) in [6, 6.07) is 10.4. The molecule has 1 amide bonds. The molecule has 1 fully saturated rings. The number of piperidine rings is 1. The van der Waals surface area contributed by atoms with E-state index in [9.17, 15) is 4.79 Å². The topological polar surface area (TPSA) is 33.2 Å². The quantitative estimate of drug-likeness (QED) is 0.798. The van der Waals surface area contributed by atoms with Gasteiger partial charge in [-0.25, -0.2) is 4.98 Å². The first-order chi connectivity index (χ1) is 10.3. The molecule has 1 aromatic heterocycles. The Hall–Kier alpha value is -1.88. The van der Waals surface area contributed by atoms with E-state index in [1.54, 1.807) is 19.2 Å². The lowest BCUT2D eigenvalue weighted by Crippen LogP contribution is -2.35. The Bertz CT molecular complexity index is 642. The van der Waals surface area contributed by atoms with Crippen molar-refractivity contribution in [3.8, 4) is 0 Å². The van der Waals surface area contributed by atoms with Crippen molar-refractivity contribution in [2.75, 3.05) is 13.1 Å². The van der Waals surface area contributed by atoms with Gasteiger partial charge in [-0.3, -0.25) is 4.79 Å². The molecule has 0 spiro atoms. The van der Waals surface area contributed by atoms with Gasteiger partial charge in [0.1, 0.15) is 5.01 Å². The molecule has 1 aliphatic rings. The third-order valence-corrected chi connectivity index (χ3v) is 4.67. The fourth-order valence-corrected chi connectivity index (χ4v) is 3.52. The van der Waals surface area contributed by atoms with E-state index in [2.05, 4.69) is 29.2 Å². The number of nitrogens with zero attached hydrogens (tertiary/aromatic N) is 2. The molecular formula is C16H17BN2OS. The molecule has 0 aliphatic carbocycles. The molecule has 3 nitrogen and oxygen atoms in total. The van der Waals surface area contributed by atoms with Gasteiger partial charge in [-0.15, -0.1) is 11.3 Å². The van der Waals surface area contributed by atoms with Gasteiger partial charge in [0.2, 0.25) is 7.85 Å². The predicted molar refractivity (Wildman–Crippen MR) is 89.3 cm³/mol. The molecule has 0 unspecified atom stereocenters. The van der Waals surface area contributed by atoms with E-state index in [4.69, 9.17) is 0 Å². The number of aromatic nitrogens is 1. The summed E-state index contributed by atoms with van der Waals surface area (Å²) in [5.74, 6) is 0.171. The van der Waals surface area contributed by atoms with E-state index in [1.807, 2.05) is 22.5 Å². The lowest BCUT2D eigenvalue weighted by atomic mass is 9.92. The zero-order valence-corrected chi connectivity index (χ0v) is 12.9. The van der Waals surface area contributed by atoms with Crippen LogP contribution < -0.4 is 0 Å². The van der Waals surface area contributed by atoms with Gasteiger partial charge < -0.3 is 4.90 Å². The van der Waals surface area contributed by atoms with Crippen LogP contribution in [0.25, 0.3) is 5.57 Å². The van der Waals surface area contributed by atoms with Gasteiger partial charge >= 0.3 is 0 Å². The molecule has 0 N–H and O–H groups in total. The molecule has 1 aromatic carbocycles. The molecule has 2 aromatic rings. The first-order valence-electron chi connectivity index (χ1n) is 7.18. The van der Waals surface area contributed by atoms with Crippen LogP contribution in [-0.2, 0) is 0 Å². The molecular weight excluding hydrogens is 279 g/mol. The van der Waals surface area contributed by atoms with E-state index >= 15 is 0 Å². The summed E-state index contributed by atoms with van der Waals surface area (Å²) >= 11 is 1.68. The van der Waals surface area contributed by atoms with E-state index in [0.717, 1.165) is 30.9 Å². The van der Waals surface area contributed by atoms with Crippen LogP contribution in [0.4, 0.5) is 4.79 Å². The molecule has 1 saturated heterocycles. The van der Waals surface area contributed by atoms with Crippen LogP contribution in [-0.4, -0.2) is 36.6 Å². The molecule has 3 rings (SSSR count). The second kappa shape index (κ2) is 6.27. The van der Waals surface area contributed by atoms with Crippen LogP contribution in [0.2, 0.25) is 0 Å². The largest absolute Gasteiger partial charge is 0.351 e. The maximum absolute atomic E-state index is 11.5. The van der Waals surface area contributed by atoms with Gasteiger partial charge in [0, 0.05) is 30.2 Å². The number of carbonyl (C=O) groups is 1. The second-order valence-electron chi connectivity index (χ2n) is 5.19. The van der Waals surface area contributed by atoms with E-state index < -0.39 is 0 Å². The Kier molecular flexibility index (Phi) is 4.20. The van der Waals surface area contributed by atoms with Crippen LogP contribution in [0, 0.1) is 0 Å². The predicted octanol–water partition coefficient (Wildman–Crippen LogP) is 2.79. The normalized spacial score (nSPS) is 15.0. The van der Waals surface area contributed by atoms with Crippen LogP contribution in [0.15, 0.2) is 47.5 Å². The third kappa shape index (κ3) is 3.08. The minimum absolute atomic E-state index is 0.171. The molecule has 5 heteroatoms. The van der Waals surface area contributed by atoms with Gasteiger partial charge in [0.05, 0.1) is 0 Å². The number of benzene rings is 1. The average molecular weight is 296 g/mol. The van der Waals surface area contributed by atoms with Gasteiger partial charge in [-0.05, 0) is 18.4 Å². The van der Waals surface area contributed by atoms with E-state index in [0.29, 0.717) is 0 Å². The molecule has 1 aliphatic heterocycles. The maximum atomic E-state index is 11.5. The first-order valence-corrected chi connectivity index (χ1v) is 8.06. The number of carbonyl (C=O) groups excluding carboxylic acids is 1. The van der Waals surface area contributed by atoms with Gasteiger partial charge in [0.15, 0.2) is 5.81 Å². The molecule has 0 saturated carbocycles. The molecule has 0 radical (unpaired) electrons. The summed E-state index contributed by atoms with van der Waals surface area (Å²) in [5, 5.41) is 3.09. The van der Waals surface area contributed by atoms with Crippen molar-refractivity contribution in [3.63, 3.8) is 0 Å². The maximum Gasteiger partial charge on any atom is 0.215 e. The SMILES string of the molecule is BC(=O)N1CCC(=C(c2ccccc2)c2nccs2)CC1. The molecule has 21 heavy (non-hydrogen) atoms. The average Bonchev–Trinajstić information content (AvgIpc) is 3.03. The Morgan fingerprint density at radius 3 is 2.48 bits per heavy atom. The Morgan fingerprint density at radius 2 is 1.90 bits per heavy atom.